The van der Waals surface area contributed by atoms with Crippen LogP contribution in [-0.2, 0) is 11.2 Å². The second-order valence-electron chi connectivity index (χ2n) is 6.29. The van der Waals surface area contributed by atoms with E-state index in [0.29, 0.717) is 18.8 Å². The van der Waals surface area contributed by atoms with Gasteiger partial charge in [-0.2, -0.15) is 0 Å². The molecule has 0 unspecified atom stereocenters. The van der Waals surface area contributed by atoms with Gasteiger partial charge < -0.3 is 5.32 Å². The Kier molecular flexibility index (Phi) is 6.33. The Labute approximate surface area is 137 Å². The minimum Gasteiger partial charge on any atom is -0.349 e. The molecule has 1 N–H and O–H groups in total. The SMILES string of the molecule is CC(C)C[C@H](NC(=O)CCc1ccc(F)cc1)c1ccccc1. The van der Waals surface area contributed by atoms with E-state index in [-0.39, 0.29) is 17.8 Å². The van der Waals surface area contributed by atoms with Gasteiger partial charge in [0, 0.05) is 6.42 Å². The van der Waals surface area contributed by atoms with Crippen LogP contribution in [0.4, 0.5) is 4.39 Å². The van der Waals surface area contributed by atoms with E-state index in [9.17, 15) is 9.18 Å². The van der Waals surface area contributed by atoms with E-state index in [2.05, 4.69) is 19.2 Å². The largest absolute Gasteiger partial charge is 0.349 e. The van der Waals surface area contributed by atoms with Gasteiger partial charge >= 0.3 is 0 Å². The highest BCUT2D eigenvalue weighted by Crippen LogP contribution is 2.21. The first kappa shape index (κ1) is 17.2. The molecule has 0 saturated carbocycles. The predicted molar refractivity (Wildman–Crippen MR) is 91.5 cm³/mol. The Hall–Kier alpha value is -2.16. The molecule has 23 heavy (non-hydrogen) atoms. The van der Waals surface area contributed by atoms with Crippen molar-refractivity contribution in [1.29, 1.82) is 0 Å². The van der Waals surface area contributed by atoms with Crippen molar-refractivity contribution in [3.63, 3.8) is 0 Å². The van der Waals surface area contributed by atoms with Crippen LogP contribution in [0, 0.1) is 11.7 Å². The first-order valence-corrected chi connectivity index (χ1v) is 8.13. The van der Waals surface area contributed by atoms with Gasteiger partial charge in [-0.15, -0.1) is 0 Å². The maximum atomic E-state index is 12.9. The van der Waals surface area contributed by atoms with Gasteiger partial charge in [-0.1, -0.05) is 56.3 Å². The molecular weight excluding hydrogens is 289 g/mol. The summed E-state index contributed by atoms with van der Waals surface area (Å²) in [6.45, 7) is 4.31. The lowest BCUT2D eigenvalue weighted by Gasteiger charge is -2.21. The maximum absolute atomic E-state index is 12.9. The van der Waals surface area contributed by atoms with Gasteiger partial charge in [0.15, 0.2) is 0 Å². The fourth-order valence-electron chi connectivity index (χ4n) is 2.61. The van der Waals surface area contributed by atoms with Gasteiger partial charge in [0.1, 0.15) is 5.82 Å². The van der Waals surface area contributed by atoms with Crippen molar-refractivity contribution in [3.8, 4) is 0 Å². The Morgan fingerprint density at radius 3 is 2.30 bits per heavy atom. The number of hydrogen-bond acceptors (Lipinski definition) is 1. The first-order valence-electron chi connectivity index (χ1n) is 8.13. The zero-order valence-corrected chi connectivity index (χ0v) is 13.8. The van der Waals surface area contributed by atoms with Crippen molar-refractivity contribution in [3.05, 3.63) is 71.5 Å². The van der Waals surface area contributed by atoms with Crippen molar-refractivity contribution in [2.24, 2.45) is 5.92 Å². The normalized spacial score (nSPS) is 12.2. The molecule has 0 aliphatic rings. The van der Waals surface area contributed by atoms with E-state index in [4.69, 9.17) is 0 Å². The second kappa shape index (κ2) is 8.47. The Bertz CT molecular complexity index is 607. The van der Waals surface area contributed by atoms with Crippen molar-refractivity contribution >= 4 is 5.91 Å². The molecule has 0 aliphatic heterocycles. The molecule has 0 spiro atoms. The average Bonchev–Trinajstić information content (AvgIpc) is 2.54. The molecule has 0 aliphatic carbocycles. The van der Waals surface area contributed by atoms with Crippen molar-refractivity contribution in [1.82, 2.24) is 5.32 Å². The number of carbonyl (C=O) groups is 1. The molecular formula is C20H24FNO. The first-order chi connectivity index (χ1) is 11.0. The summed E-state index contributed by atoms with van der Waals surface area (Å²) in [5, 5.41) is 3.13. The minimum atomic E-state index is -0.251. The molecule has 2 aromatic rings. The molecule has 3 heteroatoms. The van der Waals surface area contributed by atoms with Crippen LogP contribution in [-0.4, -0.2) is 5.91 Å². The summed E-state index contributed by atoms with van der Waals surface area (Å²) in [5.74, 6) is 0.278. The quantitative estimate of drug-likeness (QED) is 0.791. The van der Waals surface area contributed by atoms with E-state index < -0.39 is 0 Å². The van der Waals surface area contributed by atoms with Crippen LogP contribution in [0.1, 0.15) is 43.9 Å². The second-order valence-corrected chi connectivity index (χ2v) is 6.29. The Morgan fingerprint density at radius 2 is 1.70 bits per heavy atom. The molecule has 0 aromatic heterocycles. The van der Waals surface area contributed by atoms with Crippen LogP contribution < -0.4 is 5.32 Å². The lowest BCUT2D eigenvalue weighted by molar-refractivity contribution is -0.121. The van der Waals surface area contributed by atoms with Crippen LogP contribution >= 0.6 is 0 Å². The van der Waals surface area contributed by atoms with E-state index in [1.807, 2.05) is 30.3 Å². The molecule has 122 valence electrons. The highest BCUT2D eigenvalue weighted by Gasteiger charge is 2.15. The monoisotopic (exact) mass is 313 g/mol. The lowest BCUT2D eigenvalue weighted by Crippen LogP contribution is -2.29. The summed E-state index contributed by atoms with van der Waals surface area (Å²) in [4.78, 5) is 12.3. The summed E-state index contributed by atoms with van der Waals surface area (Å²) in [5.41, 5.74) is 2.11. The van der Waals surface area contributed by atoms with E-state index in [0.717, 1.165) is 17.5 Å². The number of rotatable bonds is 7. The zero-order valence-electron chi connectivity index (χ0n) is 13.8. The van der Waals surface area contributed by atoms with Gasteiger partial charge in [-0.3, -0.25) is 4.79 Å². The Morgan fingerprint density at radius 1 is 1.04 bits per heavy atom. The van der Waals surface area contributed by atoms with Gasteiger partial charge in [-0.05, 0) is 42.0 Å². The summed E-state index contributed by atoms with van der Waals surface area (Å²) < 4.78 is 12.9. The number of aryl methyl sites for hydroxylation is 1. The van der Waals surface area contributed by atoms with Gasteiger partial charge in [0.05, 0.1) is 6.04 Å². The van der Waals surface area contributed by atoms with Crippen LogP contribution in [0.25, 0.3) is 0 Å². The number of halogens is 1. The van der Waals surface area contributed by atoms with Gasteiger partial charge in [-0.25, -0.2) is 4.39 Å². The molecule has 0 saturated heterocycles. The van der Waals surface area contributed by atoms with E-state index in [1.165, 1.54) is 12.1 Å². The molecule has 0 radical (unpaired) electrons. The van der Waals surface area contributed by atoms with E-state index in [1.54, 1.807) is 12.1 Å². The fraction of sp³-hybridized carbons (Fsp3) is 0.350. The third-order valence-electron chi connectivity index (χ3n) is 3.80. The fourth-order valence-corrected chi connectivity index (χ4v) is 2.61. The highest BCUT2D eigenvalue weighted by atomic mass is 19.1. The van der Waals surface area contributed by atoms with Crippen molar-refractivity contribution in [2.75, 3.05) is 0 Å². The number of benzene rings is 2. The summed E-state index contributed by atoms with van der Waals surface area (Å²) in [7, 11) is 0. The zero-order chi connectivity index (χ0) is 16.7. The number of amides is 1. The average molecular weight is 313 g/mol. The summed E-state index contributed by atoms with van der Waals surface area (Å²) >= 11 is 0. The number of carbonyl (C=O) groups excluding carboxylic acids is 1. The molecule has 1 amide bonds. The molecule has 2 rings (SSSR count). The summed E-state index contributed by atoms with van der Waals surface area (Å²) in [6, 6.07) is 16.4. The van der Waals surface area contributed by atoms with E-state index >= 15 is 0 Å². The maximum Gasteiger partial charge on any atom is 0.220 e. The van der Waals surface area contributed by atoms with Crippen LogP contribution in [0.15, 0.2) is 54.6 Å². The van der Waals surface area contributed by atoms with Crippen LogP contribution in [0.2, 0.25) is 0 Å². The molecule has 0 bridgehead atoms. The molecule has 2 aromatic carbocycles. The third kappa shape index (κ3) is 5.85. The molecule has 2 nitrogen and oxygen atoms in total. The molecule has 0 heterocycles. The smallest absolute Gasteiger partial charge is 0.220 e. The van der Waals surface area contributed by atoms with Crippen molar-refractivity contribution < 1.29 is 9.18 Å². The van der Waals surface area contributed by atoms with Crippen molar-refractivity contribution in [2.45, 2.75) is 39.2 Å². The lowest BCUT2D eigenvalue weighted by atomic mass is 9.96. The van der Waals surface area contributed by atoms with Gasteiger partial charge in [0.2, 0.25) is 5.91 Å². The standard InChI is InChI=1S/C20H24FNO/c1-15(2)14-19(17-6-4-3-5-7-17)22-20(23)13-10-16-8-11-18(21)12-9-16/h3-9,11-12,15,19H,10,13-14H2,1-2H3,(H,22,23)/t19-/m0/s1. The number of hydrogen-bond donors (Lipinski definition) is 1. The van der Waals surface area contributed by atoms with Gasteiger partial charge in [0.25, 0.3) is 0 Å². The number of nitrogens with one attached hydrogen (secondary N) is 1. The predicted octanol–water partition coefficient (Wildman–Crippen LogP) is 4.66. The molecule has 0 fully saturated rings. The van der Waals surface area contributed by atoms with Crippen LogP contribution in [0.5, 0.6) is 0 Å². The molecule has 1 atom stereocenters. The van der Waals surface area contributed by atoms with Crippen LogP contribution in [0.3, 0.4) is 0 Å². The summed E-state index contributed by atoms with van der Waals surface area (Å²) in [6.07, 6.45) is 1.94. The minimum absolute atomic E-state index is 0.0313. The topological polar surface area (TPSA) is 29.1 Å². The Balaban J connectivity index is 1.93. The highest BCUT2D eigenvalue weighted by molar-refractivity contribution is 5.76. The third-order valence-corrected chi connectivity index (χ3v) is 3.80.